The van der Waals surface area contributed by atoms with Crippen LogP contribution in [-0.2, 0) is 0 Å². The molecular formula is C3H6N3+. The number of hydrogen-bond acceptors (Lipinski definition) is 1. The zero-order valence-corrected chi connectivity index (χ0v) is 3.33. The second kappa shape index (κ2) is 2.84. The highest BCUT2D eigenvalue weighted by Crippen LogP contribution is 1.65. The van der Waals surface area contributed by atoms with Crippen LogP contribution in [0, 0.1) is 0 Å². The molecule has 0 aromatic heterocycles. The smallest absolute Gasteiger partial charge is 0.266 e. The molecule has 2 N–H and O–H groups in total. The topological polar surface area (TPSA) is 62.4 Å². The van der Waals surface area contributed by atoms with E-state index in [1.54, 1.807) is 0 Å². The van der Waals surface area contributed by atoms with E-state index < -0.39 is 6.17 Å². The average Bonchev–Trinajstić information content (AvgIpc) is 1.65. The van der Waals surface area contributed by atoms with Crippen LogP contribution in [0.4, 0.5) is 0 Å². The van der Waals surface area contributed by atoms with Gasteiger partial charge in [-0.15, -0.1) is 0 Å². The maximum Gasteiger partial charge on any atom is 0.295 e. The van der Waals surface area contributed by atoms with Crippen molar-refractivity contribution in [2.45, 2.75) is 6.17 Å². The highest BCUT2D eigenvalue weighted by Gasteiger charge is 2.06. The van der Waals surface area contributed by atoms with Crippen LogP contribution >= 0.6 is 0 Å². The second-order valence-corrected chi connectivity index (χ2v) is 0.842. The predicted molar refractivity (Wildman–Crippen MR) is 22.4 cm³/mol. The second-order valence-electron chi connectivity index (χ2n) is 0.842. The predicted octanol–water partition coefficient (Wildman–Crippen LogP) is -0.955. The van der Waals surface area contributed by atoms with Crippen molar-refractivity contribution < 1.29 is 0 Å². The molecule has 0 saturated heterocycles. The molecule has 6 heavy (non-hydrogen) atoms. The van der Waals surface area contributed by atoms with Gasteiger partial charge in [0.05, 0.1) is 0 Å². The Morgan fingerprint density at radius 3 is 2.50 bits per heavy atom. The third kappa shape index (κ3) is 1.90. The molecule has 0 amide bonds. The monoisotopic (exact) mass is 84.1 g/mol. The molecule has 1 atom stereocenters. The molecule has 0 heterocycles. The molecule has 0 aliphatic carbocycles. The molecule has 0 bridgehead atoms. The van der Waals surface area contributed by atoms with E-state index in [1.165, 1.54) is 6.08 Å². The zero-order chi connectivity index (χ0) is 4.99. The number of hydrogen-bond donors (Lipinski definition) is 1. The Hall–Kier alpha value is -0.380. The maximum atomic E-state index is 7.76. The van der Waals surface area contributed by atoms with Gasteiger partial charge in [0.15, 0.2) is 0 Å². The molecule has 0 aromatic rings. The van der Waals surface area contributed by atoms with Crippen molar-refractivity contribution in [1.29, 1.82) is 0 Å². The lowest BCUT2D eigenvalue weighted by atomic mass is 10.5. The minimum Gasteiger partial charge on any atom is -0.266 e. The van der Waals surface area contributed by atoms with E-state index in [4.69, 9.17) is 11.6 Å². The Kier molecular flexibility index (Phi) is 2.66. The lowest BCUT2D eigenvalue weighted by Crippen LogP contribution is -2.27. The summed E-state index contributed by atoms with van der Waals surface area (Å²) < 4.78 is 0. The lowest BCUT2D eigenvalue weighted by Gasteiger charge is -1.74. The first kappa shape index (κ1) is 5.62. The van der Waals surface area contributed by atoms with E-state index in [0.29, 0.717) is 0 Å². The summed E-state index contributed by atoms with van der Waals surface area (Å²) in [7, 11) is 0. The van der Waals surface area contributed by atoms with E-state index in [1.807, 2.05) is 0 Å². The molecule has 0 aliphatic heterocycles. The van der Waals surface area contributed by atoms with Crippen LogP contribution in [0.1, 0.15) is 0 Å². The number of nitrogens with zero attached hydrogens (tertiary/aromatic N) is 2. The van der Waals surface area contributed by atoms with Crippen LogP contribution in [0.3, 0.4) is 0 Å². The Balaban J connectivity index is 2.96. The molecule has 0 rings (SSSR count). The fraction of sp³-hybridized carbons (Fsp3) is 0.333. The van der Waals surface area contributed by atoms with Crippen LogP contribution in [0.15, 0.2) is 12.7 Å². The average molecular weight is 84.1 g/mol. The molecule has 4 radical (unpaired) electrons. The summed E-state index contributed by atoms with van der Waals surface area (Å²) >= 11 is 0. The van der Waals surface area contributed by atoms with E-state index in [-0.39, 0.29) is 0 Å². The summed E-state index contributed by atoms with van der Waals surface area (Å²) in [4.78, 5) is 0. The summed E-state index contributed by atoms with van der Waals surface area (Å²) in [5.41, 5.74) is 7.60. The largest absolute Gasteiger partial charge is 0.295 e. The summed E-state index contributed by atoms with van der Waals surface area (Å²) in [6.07, 6.45) is 0.713. The van der Waals surface area contributed by atoms with Gasteiger partial charge in [-0.25, -0.2) is 0 Å². The Labute approximate surface area is 37.0 Å². The summed E-state index contributed by atoms with van der Waals surface area (Å²) in [6, 6.07) is 0. The minimum absolute atomic E-state index is 0.620. The van der Waals surface area contributed by atoms with Gasteiger partial charge in [-0.3, -0.25) is 5.73 Å². The molecule has 0 aromatic carbocycles. The fourth-order valence-electron chi connectivity index (χ4n) is 0.0471. The summed E-state index contributed by atoms with van der Waals surface area (Å²) in [5, 5.41) is 0. The van der Waals surface area contributed by atoms with Crippen molar-refractivity contribution in [3.63, 3.8) is 0 Å². The fourth-order valence-corrected chi connectivity index (χ4v) is 0.0471. The van der Waals surface area contributed by atoms with Gasteiger partial charge in [0.1, 0.15) is 0 Å². The van der Waals surface area contributed by atoms with Crippen molar-refractivity contribution in [2.75, 3.05) is 0 Å². The van der Waals surface area contributed by atoms with Crippen LogP contribution in [0.25, 0.3) is 0 Å². The zero-order valence-electron chi connectivity index (χ0n) is 3.33. The quantitative estimate of drug-likeness (QED) is 0.340. The van der Waals surface area contributed by atoms with Gasteiger partial charge in [0.25, 0.3) is 12.0 Å². The molecule has 0 saturated carbocycles. The van der Waals surface area contributed by atoms with Crippen LogP contribution in [-0.4, -0.2) is 6.17 Å². The van der Waals surface area contributed by atoms with Crippen LogP contribution < -0.4 is 17.0 Å². The normalized spacial score (nSPS) is 13.7. The summed E-state index contributed by atoms with van der Waals surface area (Å²) in [5.74, 6) is 7.76. The standard InChI is InChI=1S/C3H6N3/c1-2-3(4)6-5/h2-3H,1,4H2/q+1. The van der Waals surface area contributed by atoms with E-state index in [2.05, 4.69) is 12.0 Å². The maximum absolute atomic E-state index is 7.76. The third-order valence-corrected chi connectivity index (χ3v) is 0.375. The number of nitrogens with two attached hydrogens (primary N) is 1. The molecule has 1 unspecified atom stereocenters. The Morgan fingerprint density at radius 2 is 2.50 bits per heavy atom. The molecule has 0 aliphatic rings. The molecule has 0 spiro atoms. The molecule has 3 nitrogen and oxygen atoms in total. The van der Waals surface area contributed by atoms with Gasteiger partial charge in [-0.05, 0) is 6.08 Å². The first-order valence-electron chi connectivity index (χ1n) is 1.53. The Bertz CT molecular complexity index is 43.3. The van der Waals surface area contributed by atoms with E-state index in [0.717, 1.165) is 0 Å². The van der Waals surface area contributed by atoms with Crippen LogP contribution in [0.5, 0.6) is 0 Å². The molecule has 32 valence electrons. The molecular weight excluding hydrogens is 78.1 g/mol. The van der Waals surface area contributed by atoms with Gasteiger partial charge in [-0.1, -0.05) is 6.58 Å². The van der Waals surface area contributed by atoms with Gasteiger partial charge < -0.3 is 0 Å². The lowest BCUT2D eigenvalue weighted by molar-refractivity contribution is 0.610. The first-order chi connectivity index (χ1) is 2.81. The van der Waals surface area contributed by atoms with Gasteiger partial charge >= 0.3 is 0 Å². The van der Waals surface area contributed by atoms with Crippen molar-refractivity contribution in [3.05, 3.63) is 12.7 Å². The van der Waals surface area contributed by atoms with Crippen molar-refractivity contribution >= 4 is 0 Å². The summed E-state index contributed by atoms with van der Waals surface area (Å²) in [6.45, 7) is 3.25. The first-order valence-corrected chi connectivity index (χ1v) is 1.53. The van der Waals surface area contributed by atoms with Crippen LogP contribution in [0.2, 0.25) is 0 Å². The Morgan fingerprint density at radius 1 is 2.00 bits per heavy atom. The molecule has 0 fully saturated rings. The number of rotatable bonds is 2. The highest BCUT2D eigenvalue weighted by atomic mass is 15.3. The SMILES string of the molecule is C=CC(N)[N+][N]. The van der Waals surface area contributed by atoms with Gasteiger partial charge in [0.2, 0.25) is 5.43 Å². The third-order valence-electron chi connectivity index (χ3n) is 0.375. The van der Waals surface area contributed by atoms with E-state index >= 15 is 0 Å². The van der Waals surface area contributed by atoms with Crippen molar-refractivity contribution in [3.8, 4) is 0 Å². The van der Waals surface area contributed by atoms with Crippen molar-refractivity contribution in [1.82, 2.24) is 11.3 Å². The van der Waals surface area contributed by atoms with Crippen molar-refractivity contribution in [2.24, 2.45) is 5.73 Å². The van der Waals surface area contributed by atoms with E-state index in [9.17, 15) is 0 Å². The van der Waals surface area contributed by atoms with Gasteiger partial charge in [-0.2, -0.15) is 0 Å². The minimum atomic E-state index is -0.620. The highest BCUT2D eigenvalue weighted by molar-refractivity contribution is 4.76. The van der Waals surface area contributed by atoms with Gasteiger partial charge in [0, 0.05) is 0 Å². The molecule has 3 heteroatoms.